The SMILES string of the molecule is CCNC(=NCc1ccc(N2CCC(CO)CC2)cc1)NCc1c(C)nn(C)c1C.I. The zero-order valence-electron chi connectivity index (χ0n) is 19.2. The Morgan fingerprint density at radius 1 is 1.16 bits per heavy atom. The first-order valence-electron chi connectivity index (χ1n) is 11.0. The summed E-state index contributed by atoms with van der Waals surface area (Å²) >= 11 is 0. The van der Waals surface area contributed by atoms with Crippen LogP contribution in [0.5, 0.6) is 0 Å². The highest BCUT2D eigenvalue weighted by molar-refractivity contribution is 14.0. The van der Waals surface area contributed by atoms with Gasteiger partial charge in [0.05, 0.1) is 12.2 Å². The number of guanidine groups is 1. The Balaban J connectivity index is 0.00000341. The van der Waals surface area contributed by atoms with Gasteiger partial charge in [0.1, 0.15) is 0 Å². The lowest BCUT2D eigenvalue weighted by atomic mass is 9.97. The van der Waals surface area contributed by atoms with Gasteiger partial charge in [-0.2, -0.15) is 5.10 Å². The van der Waals surface area contributed by atoms with Crippen LogP contribution in [0.2, 0.25) is 0 Å². The first kappa shape index (κ1) is 25.5. The van der Waals surface area contributed by atoms with Gasteiger partial charge in [-0.25, -0.2) is 4.99 Å². The molecule has 1 aliphatic heterocycles. The molecule has 0 atom stereocenters. The first-order valence-corrected chi connectivity index (χ1v) is 11.0. The summed E-state index contributed by atoms with van der Waals surface area (Å²) in [5, 5.41) is 20.6. The van der Waals surface area contributed by atoms with Crippen LogP contribution < -0.4 is 15.5 Å². The molecular weight excluding hydrogens is 503 g/mol. The Kier molecular flexibility index (Phi) is 10.1. The van der Waals surface area contributed by atoms with Gasteiger partial charge in [0.15, 0.2) is 5.96 Å². The number of benzene rings is 1. The lowest BCUT2D eigenvalue weighted by Crippen LogP contribution is -2.37. The average Bonchev–Trinajstić information content (AvgIpc) is 3.01. The molecule has 3 rings (SSSR count). The van der Waals surface area contributed by atoms with Crippen LogP contribution in [0, 0.1) is 19.8 Å². The van der Waals surface area contributed by atoms with Crippen molar-refractivity contribution in [2.24, 2.45) is 18.0 Å². The summed E-state index contributed by atoms with van der Waals surface area (Å²) < 4.78 is 1.92. The molecule has 172 valence electrons. The van der Waals surface area contributed by atoms with E-state index in [9.17, 15) is 5.11 Å². The molecule has 0 unspecified atom stereocenters. The highest BCUT2D eigenvalue weighted by Crippen LogP contribution is 2.23. The molecule has 0 radical (unpaired) electrons. The maximum atomic E-state index is 9.31. The number of rotatable bonds is 7. The minimum absolute atomic E-state index is 0. The molecule has 7 nitrogen and oxygen atoms in total. The molecule has 1 saturated heterocycles. The van der Waals surface area contributed by atoms with Crippen LogP contribution in [0.15, 0.2) is 29.3 Å². The number of hydrogen-bond acceptors (Lipinski definition) is 4. The number of nitrogens with zero attached hydrogens (tertiary/aromatic N) is 4. The summed E-state index contributed by atoms with van der Waals surface area (Å²) in [5.74, 6) is 1.28. The number of aliphatic hydroxyl groups is 1. The molecule has 0 bridgehead atoms. The number of halogens is 1. The van der Waals surface area contributed by atoms with Crippen LogP contribution >= 0.6 is 24.0 Å². The first-order chi connectivity index (χ1) is 14.5. The number of hydrogen-bond donors (Lipinski definition) is 3. The largest absolute Gasteiger partial charge is 0.396 e. The minimum atomic E-state index is 0. The third-order valence-corrected chi connectivity index (χ3v) is 6.03. The highest BCUT2D eigenvalue weighted by atomic mass is 127. The third kappa shape index (κ3) is 6.83. The number of nitrogens with one attached hydrogen (secondary N) is 2. The summed E-state index contributed by atoms with van der Waals surface area (Å²) in [4.78, 5) is 7.16. The smallest absolute Gasteiger partial charge is 0.191 e. The van der Waals surface area contributed by atoms with Crippen molar-refractivity contribution in [3.8, 4) is 0 Å². The molecule has 1 aliphatic rings. The Hall–Kier alpha value is -1.81. The Morgan fingerprint density at radius 3 is 2.39 bits per heavy atom. The molecule has 1 aromatic carbocycles. The van der Waals surface area contributed by atoms with Gasteiger partial charge in [0.2, 0.25) is 0 Å². The van der Waals surface area contributed by atoms with E-state index in [2.05, 4.69) is 58.7 Å². The van der Waals surface area contributed by atoms with Crippen LogP contribution in [0.3, 0.4) is 0 Å². The van der Waals surface area contributed by atoms with Gasteiger partial charge < -0.3 is 20.6 Å². The van der Waals surface area contributed by atoms with E-state index in [0.29, 0.717) is 25.6 Å². The standard InChI is InChI=1S/C23H36N6O.HI/c1-5-24-23(26-15-22-17(2)27-28(4)18(22)3)25-14-19-6-8-21(9-7-19)29-12-10-20(16-30)11-13-29;/h6-9,20,30H,5,10-16H2,1-4H3,(H2,24,25,26);1H. The number of aliphatic hydroxyl groups excluding tert-OH is 1. The van der Waals surface area contributed by atoms with Crippen LogP contribution in [0.1, 0.15) is 42.3 Å². The summed E-state index contributed by atoms with van der Waals surface area (Å²) in [5.41, 5.74) is 5.89. The molecule has 0 aliphatic carbocycles. The Bertz CT molecular complexity index is 840. The summed E-state index contributed by atoms with van der Waals surface area (Å²) in [6, 6.07) is 8.70. The number of piperidine rings is 1. The van der Waals surface area contributed by atoms with Gasteiger partial charge in [-0.3, -0.25) is 4.68 Å². The highest BCUT2D eigenvalue weighted by Gasteiger charge is 2.18. The van der Waals surface area contributed by atoms with Crippen LogP contribution in [0.25, 0.3) is 0 Å². The minimum Gasteiger partial charge on any atom is -0.396 e. The normalized spacial score (nSPS) is 15.0. The van der Waals surface area contributed by atoms with E-state index in [1.165, 1.54) is 22.5 Å². The maximum absolute atomic E-state index is 9.31. The van der Waals surface area contributed by atoms with Gasteiger partial charge >= 0.3 is 0 Å². The molecule has 1 fully saturated rings. The third-order valence-electron chi connectivity index (χ3n) is 6.03. The van der Waals surface area contributed by atoms with Gasteiger partial charge in [-0.15, -0.1) is 24.0 Å². The van der Waals surface area contributed by atoms with Gasteiger partial charge in [0, 0.05) is 56.8 Å². The zero-order valence-corrected chi connectivity index (χ0v) is 21.5. The van der Waals surface area contributed by atoms with Gasteiger partial charge in [-0.1, -0.05) is 12.1 Å². The fraction of sp³-hybridized carbons (Fsp3) is 0.565. The monoisotopic (exact) mass is 540 g/mol. The molecule has 0 spiro atoms. The fourth-order valence-corrected chi connectivity index (χ4v) is 3.94. The summed E-state index contributed by atoms with van der Waals surface area (Å²) in [6.45, 7) is 10.7. The van der Waals surface area contributed by atoms with Crippen molar-refractivity contribution in [2.75, 3.05) is 31.1 Å². The average molecular weight is 540 g/mol. The molecule has 3 N–H and O–H groups in total. The second-order valence-electron chi connectivity index (χ2n) is 8.10. The Labute approximate surface area is 203 Å². The van der Waals surface area contributed by atoms with Crippen molar-refractivity contribution < 1.29 is 5.11 Å². The number of anilines is 1. The van der Waals surface area contributed by atoms with E-state index in [-0.39, 0.29) is 24.0 Å². The van der Waals surface area contributed by atoms with E-state index in [1.54, 1.807) is 0 Å². The molecule has 8 heteroatoms. The molecule has 31 heavy (non-hydrogen) atoms. The quantitative estimate of drug-likeness (QED) is 0.286. The summed E-state index contributed by atoms with van der Waals surface area (Å²) in [6.07, 6.45) is 2.13. The summed E-state index contributed by atoms with van der Waals surface area (Å²) in [7, 11) is 1.98. The molecular formula is C23H37IN6O. The number of aliphatic imine (C=N–C) groups is 1. The zero-order chi connectivity index (χ0) is 21.5. The van der Waals surface area contributed by atoms with Crippen LogP contribution in [-0.2, 0) is 20.1 Å². The fourth-order valence-electron chi connectivity index (χ4n) is 3.94. The molecule has 1 aromatic heterocycles. The van der Waals surface area contributed by atoms with E-state index < -0.39 is 0 Å². The Morgan fingerprint density at radius 2 is 1.84 bits per heavy atom. The van der Waals surface area contributed by atoms with E-state index >= 15 is 0 Å². The second kappa shape index (κ2) is 12.3. The van der Waals surface area contributed by atoms with Gasteiger partial charge in [0.25, 0.3) is 0 Å². The van der Waals surface area contributed by atoms with Crippen molar-refractivity contribution in [3.05, 3.63) is 46.8 Å². The molecule has 2 aromatic rings. The second-order valence-corrected chi connectivity index (χ2v) is 8.10. The van der Waals surface area contributed by atoms with E-state index in [0.717, 1.165) is 44.1 Å². The van der Waals surface area contributed by atoms with Crippen molar-refractivity contribution in [2.45, 2.75) is 46.7 Å². The van der Waals surface area contributed by atoms with Crippen molar-refractivity contribution in [1.82, 2.24) is 20.4 Å². The van der Waals surface area contributed by atoms with Crippen molar-refractivity contribution >= 4 is 35.6 Å². The number of aryl methyl sites for hydroxylation is 2. The van der Waals surface area contributed by atoms with Gasteiger partial charge in [-0.05, 0) is 57.2 Å². The van der Waals surface area contributed by atoms with Crippen molar-refractivity contribution in [1.29, 1.82) is 0 Å². The molecule has 2 heterocycles. The predicted octanol–water partition coefficient (Wildman–Crippen LogP) is 3.12. The maximum Gasteiger partial charge on any atom is 0.191 e. The molecule has 0 saturated carbocycles. The predicted molar refractivity (Wildman–Crippen MR) is 138 cm³/mol. The topological polar surface area (TPSA) is 77.7 Å². The van der Waals surface area contributed by atoms with E-state index in [1.807, 2.05) is 18.7 Å². The lowest BCUT2D eigenvalue weighted by Gasteiger charge is -2.32. The molecule has 0 amide bonds. The van der Waals surface area contributed by atoms with Crippen LogP contribution in [-0.4, -0.2) is 47.1 Å². The number of aromatic nitrogens is 2. The van der Waals surface area contributed by atoms with E-state index in [4.69, 9.17) is 4.99 Å². The van der Waals surface area contributed by atoms with Crippen LogP contribution in [0.4, 0.5) is 5.69 Å². The lowest BCUT2D eigenvalue weighted by molar-refractivity contribution is 0.203. The van der Waals surface area contributed by atoms with Crippen molar-refractivity contribution in [3.63, 3.8) is 0 Å².